The molecular weight excluding hydrogens is 423 g/mol. The number of carbonyl (C=O) groups excluding carboxylic acids is 1. The smallest absolute Gasteiger partial charge is 0.257 e. The topological polar surface area (TPSA) is 63.6 Å². The Kier molecular flexibility index (Phi) is 5.85. The van der Waals surface area contributed by atoms with E-state index >= 15 is 0 Å². The Labute approximate surface area is 183 Å². The van der Waals surface area contributed by atoms with Gasteiger partial charge in [-0.1, -0.05) is 13.5 Å². The van der Waals surface area contributed by atoms with Crippen LogP contribution in [0, 0.1) is 24.4 Å². The Morgan fingerprint density at radius 1 is 1.28 bits per heavy atom. The number of hydrogen-bond acceptors (Lipinski definition) is 4. The van der Waals surface area contributed by atoms with Crippen molar-refractivity contribution in [1.82, 2.24) is 14.8 Å². The van der Waals surface area contributed by atoms with Crippen molar-refractivity contribution < 1.29 is 22.7 Å². The van der Waals surface area contributed by atoms with E-state index in [1.807, 2.05) is 4.90 Å². The minimum atomic E-state index is -1.11. The summed E-state index contributed by atoms with van der Waals surface area (Å²) in [6.07, 6.45) is 3.06. The van der Waals surface area contributed by atoms with E-state index in [9.17, 15) is 22.8 Å². The first-order valence-electron chi connectivity index (χ1n) is 10.5. The van der Waals surface area contributed by atoms with Gasteiger partial charge in [-0.25, -0.2) is 13.2 Å². The van der Waals surface area contributed by atoms with Crippen LogP contribution in [0.1, 0.15) is 46.9 Å². The van der Waals surface area contributed by atoms with Crippen LogP contribution in [0.15, 0.2) is 29.7 Å². The number of benzene rings is 1. The molecule has 32 heavy (non-hydrogen) atoms. The van der Waals surface area contributed by atoms with Crippen LogP contribution in [0.4, 0.5) is 13.2 Å². The van der Waals surface area contributed by atoms with Crippen molar-refractivity contribution in [2.75, 3.05) is 6.54 Å². The molecule has 1 N–H and O–H groups in total. The van der Waals surface area contributed by atoms with Crippen molar-refractivity contribution in [3.63, 3.8) is 0 Å². The van der Waals surface area contributed by atoms with Gasteiger partial charge in [0.2, 0.25) is 0 Å². The molecule has 6 nitrogen and oxygen atoms in total. The molecule has 2 unspecified atom stereocenters. The molecule has 1 aromatic carbocycles. The summed E-state index contributed by atoms with van der Waals surface area (Å²) >= 11 is 0. The molecule has 0 radical (unpaired) electrons. The maximum Gasteiger partial charge on any atom is 0.257 e. The molecular formula is C23H24F3N3O3. The van der Waals surface area contributed by atoms with Crippen LogP contribution in [0.3, 0.4) is 0 Å². The van der Waals surface area contributed by atoms with Gasteiger partial charge >= 0.3 is 0 Å². The summed E-state index contributed by atoms with van der Waals surface area (Å²) < 4.78 is 48.7. The fourth-order valence-corrected chi connectivity index (χ4v) is 4.34. The molecule has 0 spiro atoms. The van der Waals surface area contributed by atoms with Gasteiger partial charge in [-0.3, -0.25) is 9.59 Å². The molecule has 0 bridgehead atoms. The van der Waals surface area contributed by atoms with Gasteiger partial charge < -0.3 is 19.5 Å². The number of nitrogens with zero attached hydrogens (tertiary/aromatic N) is 2. The second kappa shape index (κ2) is 8.46. The summed E-state index contributed by atoms with van der Waals surface area (Å²) in [5.41, 5.74) is 0.526. The van der Waals surface area contributed by atoms with Crippen molar-refractivity contribution in [1.29, 1.82) is 0 Å². The SMILES string of the molecule is C=C1c2c(C)c(=O)c(C(=O)NCc3c(F)cc(F)cc3F)cn2CC2OC(CC)CCN12. The van der Waals surface area contributed by atoms with Crippen molar-refractivity contribution in [3.8, 4) is 0 Å². The van der Waals surface area contributed by atoms with E-state index in [1.54, 1.807) is 11.5 Å². The third kappa shape index (κ3) is 3.81. The predicted molar refractivity (Wildman–Crippen MR) is 112 cm³/mol. The molecule has 1 aromatic heterocycles. The van der Waals surface area contributed by atoms with Crippen molar-refractivity contribution >= 4 is 11.6 Å². The third-order valence-electron chi connectivity index (χ3n) is 6.11. The van der Waals surface area contributed by atoms with Crippen molar-refractivity contribution in [2.24, 2.45) is 0 Å². The van der Waals surface area contributed by atoms with E-state index in [4.69, 9.17) is 4.74 Å². The monoisotopic (exact) mass is 447 g/mol. The molecule has 3 heterocycles. The molecule has 170 valence electrons. The summed E-state index contributed by atoms with van der Waals surface area (Å²) in [6, 6.07) is 1.07. The highest BCUT2D eigenvalue weighted by Gasteiger charge is 2.36. The predicted octanol–water partition coefficient (Wildman–Crippen LogP) is 3.32. The van der Waals surface area contributed by atoms with E-state index in [2.05, 4.69) is 18.8 Å². The Morgan fingerprint density at radius 2 is 1.97 bits per heavy atom. The maximum absolute atomic E-state index is 13.9. The van der Waals surface area contributed by atoms with Gasteiger partial charge in [0.15, 0.2) is 5.43 Å². The van der Waals surface area contributed by atoms with E-state index in [0.717, 1.165) is 19.4 Å². The van der Waals surface area contributed by atoms with E-state index in [-0.39, 0.29) is 17.9 Å². The average molecular weight is 447 g/mol. The summed E-state index contributed by atoms with van der Waals surface area (Å²) in [6.45, 7) is 8.47. The molecule has 1 fully saturated rings. The Morgan fingerprint density at radius 3 is 2.62 bits per heavy atom. The van der Waals surface area contributed by atoms with Crippen molar-refractivity contribution in [3.05, 3.63) is 75.0 Å². The first-order valence-corrected chi connectivity index (χ1v) is 10.5. The number of ether oxygens (including phenoxy) is 1. The van der Waals surface area contributed by atoms with E-state index < -0.39 is 40.9 Å². The number of amides is 1. The molecule has 0 aliphatic carbocycles. The van der Waals surface area contributed by atoms with Gasteiger partial charge in [0.25, 0.3) is 5.91 Å². The molecule has 9 heteroatoms. The van der Waals surface area contributed by atoms with Crippen LogP contribution in [0.5, 0.6) is 0 Å². The quantitative estimate of drug-likeness (QED) is 0.781. The van der Waals surface area contributed by atoms with Gasteiger partial charge in [-0.15, -0.1) is 0 Å². The lowest BCUT2D eigenvalue weighted by Crippen LogP contribution is -2.51. The lowest BCUT2D eigenvalue weighted by atomic mass is 10.0. The summed E-state index contributed by atoms with van der Waals surface area (Å²) in [5.74, 6) is -4.06. The standard InChI is InChI=1S/C23H24F3N3O3/c1-4-15-5-6-29-13(3)21-12(2)22(30)17(10-28(21)11-20(29)32-15)23(31)27-9-16-18(25)7-14(24)8-19(16)26/h7-8,10,15,20H,3-6,9,11H2,1-2H3,(H,27,31). The summed E-state index contributed by atoms with van der Waals surface area (Å²) in [4.78, 5) is 27.7. The van der Waals surface area contributed by atoms with Crippen LogP contribution < -0.4 is 10.7 Å². The number of hydrogen-bond donors (Lipinski definition) is 1. The highest BCUT2D eigenvalue weighted by molar-refractivity contribution is 5.94. The molecule has 2 atom stereocenters. The molecule has 2 aromatic rings. The summed E-state index contributed by atoms with van der Waals surface area (Å²) in [7, 11) is 0. The fraction of sp³-hybridized carbons (Fsp3) is 0.391. The number of carbonyl (C=O) groups is 1. The Balaban J connectivity index is 1.61. The van der Waals surface area contributed by atoms with Crippen LogP contribution in [0.25, 0.3) is 5.70 Å². The van der Waals surface area contributed by atoms with Crippen LogP contribution in [-0.4, -0.2) is 34.3 Å². The first kappa shape index (κ1) is 22.1. The van der Waals surface area contributed by atoms with Gasteiger partial charge in [0.05, 0.1) is 24.0 Å². The minimum Gasteiger partial charge on any atom is -0.353 e. The largest absolute Gasteiger partial charge is 0.353 e. The van der Waals surface area contributed by atoms with Crippen molar-refractivity contribution in [2.45, 2.75) is 52.1 Å². The van der Waals surface area contributed by atoms with Crippen LogP contribution in [-0.2, 0) is 17.8 Å². The second-order valence-electron chi connectivity index (χ2n) is 8.08. The van der Waals surface area contributed by atoms with E-state index in [1.165, 1.54) is 6.20 Å². The minimum absolute atomic E-state index is 0.134. The zero-order chi connectivity index (χ0) is 23.2. The summed E-state index contributed by atoms with van der Waals surface area (Å²) in [5, 5.41) is 2.36. The Hall–Kier alpha value is -3.07. The molecule has 2 aliphatic rings. The molecule has 1 amide bonds. The highest BCUT2D eigenvalue weighted by Crippen LogP contribution is 2.33. The number of halogens is 3. The third-order valence-corrected chi connectivity index (χ3v) is 6.11. The lowest BCUT2D eigenvalue weighted by Gasteiger charge is -2.46. The Bertz CT molecular complexity index is 1140. The van der Waals surface area contributed by atoms with Gasteiger partial charge in [-0.05, 0) is 19.8 Å². The molecule has 0 saturated carbocycles. The molecule has 1 saturated heterocycles. The van der Waals surface area contributed by atoms with Gasteiger partial charge in [-0.2, -0.15) is 0 Å². The number of fused-ring (bicyclic) bond motifs is 2. The number of aromatic nitrogens is 1. The number of pyridine rings is 1. The number of nitrogens with one attached hydrogen (secondary N) is 1. The molecule has 4 rings (SSSR count). The average Bonchev–Trinajstić information content (AvgIpc) is 2.74. The maximum atomic E-state index is 13.9. The van der Waals surface area contributed by atoms with Gasteiger partial charge in [0, 0.05) is 42.5 Å². The molecule has 2 aliphatic heterocycles. The highest BCUT2D eigenvalue weighted by atomic mass is 19.1. The zero-order valence-corrected chi connectivity index (χ0v) is 17.9. The fourth-order valence-electron chi connectivity index (χ4n) is 4.34. The van der Waals surface area contributed by atoms with Crippen LogP contribution >= 0.6 is 0 Å². The zero-order valence-electron chi connectivity index (χ0n) is 17.9. The van der Waals surface area contributed by atoms with E-state index in [0.29, 0.717) is 35.6 Å². The number of rotatable bonds is 4. The van der Waals surface area contributed by atoms with Gasteiger partial charge in [0.1, 0.15) is 29.2 Å². The lowest BCUT2D eigenvalue weighted by molar-refractivity contribution is -0.128. The van der Waals surface area contributed by atoms with Crippen LogP contribution in [0.2, 0.25) is 0 Å². The first-order chi connectivity index (χ1) is 15.2. The normalized spacial score (nSPS) is 20.0. The second-order valence-corrected chi connectivity index (χ2v) is 8.08.